The van der Waals surface area contributed by atoms with E-state index in [0.29, 0.717) is 5.56 Å². The number of rotatable bonds is 3. The van der Waals surface area contributed by atoms with Gasteiger partial charge in [-0.25, -0.2) is 8.42 Å². The van der Waals surface area contributed by atoms with Gasteiger partial charge in [0.1, 0.15) is 11.2 Å². The predicted octanol–water partition coefficient (Wildman–Crippen LogP) is 0.786. The van der Waals surface area contributed by atoms with Gasteiger partial charge in [0.05, 0.1) is 6.54 Å². The van der Waals surface area contributed by atoms with Gasteiger partial charge in [-0.15, -0.1) is 0 Å². The Hall–Kier alpha value is -2.30. The molecule has 0 radical (unpaired) electrons. The number of nitrogens with zero attached hydrogens (tertiary/aromatic N) is 1. The van der Waals surface area contributed by atoms with Crippen LogP contribution in [0.2, 0.25) is 0 Å². The summed E-state index contributed by atoms with van der Waals surface area (Å²) in [6, 6.07) is 7.80. The number of aromatic nitrogens is 1. The normalized spacial score (nSPS) is 10.6. The standard InChI is InChI=1S/C12H11N3O3S/c13-8-3-5-10-4-1-2-6-11(10)19(16,17)15-12-7-9-18-14-12/h1-2,4,6-7,9H,8,13H2,(H,14,15). The lowest BCUT2D eigenvalue weighted by atomic mass is 10.2. The maximum atomic E-state index is 12.2. The minimum atomic E-state index is -3.76. The SMILES string of the molecule is NCC#Cc1ccccc1S(=O)(=O)Nc1ccon1. The van der Waals surface area contributed by atoms with Crippen LogP contribution in [0.5, 0.6) is 0 Å². The molecular formula is C12H11N3O3S. The highest BCUT2D eigenvalue weighted by molar-refractivity contribution is 7.92. The Labute approximate surface area is 110 Å². The Bertz CT molecular complexity index is 712. The molecule has 0 saturated carbocycles. The van der Waals surface area contributed by atoms with Crippen LogP contribution in [0.4, 0.5) is 5.82 Å². The molecule has 2 rings (SSSR count). The van der Waals surface area contributed by atoms with E-state index in [1.807, 2.05) is 0 Å². The Morgan fingerprint density at radius 1 is 1.32 bits per heavy atom. The molecule has 6 nitrogen and oxygen atoms in total. The fourth-order valence-electron chi connectivity index (χ4n) is 1.41. The molecule has 3 N–H and O–H groups in total. The maximum Gasteiger partial charge on any atom is 0.264 e. The van der Waals surface area contributed by atoms with Gasteiger partial charge in [0.15, 0.2) is 5.82 Å². The van der Waals surface area contributed by atoms with Crippen LogP contribution >= 0.6 is 0 Å². The molecule has 98 valence electrons. The topological polar surface area (TPSA) is 98.2 Å². The summed E-state index contributed by atoms with van der Waals surface area (Å²) in [5.41, 5.74) is 5.66. The zero-order valence-corrected chi connectivity index (χ0v) is 10.6. The molecule has 0 aliphatic carbocycles. The number of hydrogen-bond acceptors (Lipinski definition) is 5. The average molecular weight is 277 g/mol. The zero-order chi connectivity index (χ0) is 13.7. The molecule has 0 unspecified atom stereocenters. The van der Waals surface area contributed by atoms with Gasteiger partial charge in [-0.1, -0.05) is 29.1 Å². The van der Waals surface area contributed by atoms with Crippen LogP contribution in [0, 0.1) is 11.8 Å². The summed E-state index contributed by atoms with van der Waals surface area (Å²) >= 11 is 0. The lowest BCUT2D eigenvalue weighted by molar-refractivity contribution is 0.423. The molecule has 7 heteroatoms. The Morgan fingerprint density at radius 3 is 2.79 bits per heavy atom. The average Bonchev–Trinajstić information content (AvgIpc) is 2.88. The number of benzene rings is 1. The smallest absolute Gasteiger partial charge is 0.264 e. The van der Waals surface area contributed by atoms with Crippen molar-refractivity contribution >= 4 is 15.8 Å². The molecule has 0 atom stereocenters. The van der Waals surface area contributed by atoms with Crippen molar-refractivity contribution in [3.8, 4) is 11.8 Å². The van der Waals surface area contributed by atoms with E-state index in [4.69, 9.17) is 5.73 Å². The van der Waals surface area contributed by atoms with Gasteiger partial charge < -0.3 is 10.3 Å². The van der Waals surface area contributed by atoms with Gasteiger partial charge >= 0.3 is 0 Å². The van der Waals surface area contributed by atoms with Gasteiger partial charge in [0.2, 0.25) is 0 Å². The lowest BCUT2D eigenvalue weighted by Crippen LogP contribution is -2.14. The molecule has 0 aliphatic heterocycles. The van der Waals surface area contributed by atoms with E-state index < -0.39 is 10.0 Å². The van der Waals surface area contributed by atoms with E-state index in [-0.39, 0.29) is 17.3 Å². The zero-order valence-electron chi connectivity index (χ0n) is 9.83. The van der Waals surface area contributed by atoms with E-state index in [2.05, 4.69) is 26.2 Å². The Kier molecular flexibility index (Phi) is 3.85. The first-order valence-electron chi connectivity index (χ1n) is 5.34. The number of sulfonamides is 1. The third-order valence-corrected chi connectivity index (χ3v) is 3.59. The molecule has 19 heavy (non-hydrogen) atoms. The van der Waals surface area contributed by atoms with E-state index in [9.17, 15) is 8.42 Å². The van der Waals surface area contributed by atoms with Crippen molar-refractivity contribution in [2.75, 3.05) is 11.3 Å². The summed E-state index contributed by atoms with van der Waals surface area (Å²) in [6.45, 7) is 0.158. The first-order chi connectivity index (χ1) is 9.13. The molecule has 0 aliphatic rings. The first-order valence-corrected chi connectivity index (χ1v) is 6.83. The monoisotopic (exact) mass is 277 g/mol. The van der Waals surface area contributed by atoms with E-state index in [0.717, 1.165) is 0 Å². The fraction of sp³-hybridized carbons (Fsp3) is 0.0833. The lowest BCUT2D eigenvalue weighted by Gasteiger charge is -2.06. The van der Waals surface area contributed by atoms with Crippen molar-refractivity contribution in [2.24, 2.45) is 5.73 Å². The van der Waals surface area contributed by atoms with Crippen LogP contribution in [0.3, 0.4) is 0 Å². The summed E-state index contributed by atoms with van der Waals surface area (Å²) in [5, 5.41) is 3.50. The van der Waals surface area contributed by atoms with Crippen LogP contribution < -0.4 is 10.5 Å². The third kappa shape index (κ3) is 3.13. The van der Waals surface area contributed by atoms with Crippen LogP contribution in [0.15, 0.2) is 46.0 Å². The van der Waals surface area contributed by atoms with Crippen LogP contribution in [-0.4, -0.2) is 20.1 Å². The predicted molar refractivity (Wildman–Crippen MR) is 69.7 cm³/mol. The first kappa shape index (κ1) is 13.1. The van der Waals surface area contributed by atoms with Gasteiger partial charge in [-0.2, -0.15) is 0 Å². The van der Waals surface area contributed by atoms with Crippen molar-refractivity contribution < 1.29 is 12.9 Å². The van der Waals surface area contributed by atoms with Crippen molar-refractivity contribution in [1.29, 1.82) is 0 Å². The highest BCUT2D eigenvalue weighted by atomic mass is 32.2. The second-order valence-corrected chi connectivity index (χ2v) is 5.14. The number of hydrogen-bond donors (Lipinski definition) is 2. The molecule has 1 aromatic carbocycles. The number of nitrogens with two attached hydrogens (primary N) is 1. The van der Waals surface area contributed by atoms with Crippen LogP contribution in [0.25, 0.3) is 0 Å². The second-order valence-electron chi connectivity index (χ2n) is 3.49. The summed E-state index contributed by atoms with van der Waals surface area (Å²) in [7, 11) is -3.76. The van der Waals surface area contributed by atoms with Crippen molar-refractivity contribution in [1.82, 2.24) is 5.16 Å². The van der Waals surface area contributed by atoms with Crippen LogP contribution in [0.1, 0.15) is 5.56 Å². The molecule has 0 spiro atoms. The molecule has 1 aromatic heterocycles. The van der Waals surface area contributed by atoms with Crippen molar-refractivity contribution in [3.05, 3.63) is 42.2 Å². The molecule has 1 heterocycles. The van der Waals surface area contributed by atoms with Crippen molar-refractivity contribution in [3.63, 3.8) is 0 Å². The molecular weight excluding hydrogens is 266 g/mol. The fourth-order valence-corrected chi connectivity index (χ4v) is 2.57. The minimum absolute atomic E-state index is 0.0685. The molecule has 0 amide bonds. The third-order valence-electron chi connectivity index (χ3n) is 2.18. The van der Waals surface area contributed by atoms with E-state index in [1.165, 1.54) is 18.4 Å². The molecule has 0 bridgehead atoms. The molecule has 2 aromatic rings. The van der Waals surface area contributed by atoms with Gasteiger partial charge in [0, 0.05) is 11.6 Å². The van der Waals surface area contributed by atoms with Crippen LogP contribution in [-0.2, 0) is 10.0 Å². The quantitative estimate of drug-likeness (QED) is 0.808. The highest BCUT2D eigenvalue weighted by Gasteiger charge is 2.18. The van der Waals surface area contributed by atoms with Gasteiger partial charge in [-0.3, -0.25) is 4.72 Å². The molecule has 0 fully saturated rings. The summed E-state index contributed by atoms with van der Waals surface area (Å²) in [6.07, 6.45) is 1.28. The minimum Gasteiger partial charge on any atom is -0.363 e. The Balaban J connectivity index is 2.40. The highest BCUT2D eigenvalue weighted by Crippen LogP contribution is 2.17. The van der Waals surface area contributed by atoms with Gasteiger partial charge in [0.25, 0.3) is 10.0 Å². The maximum absolute atomic E-state index is 12.2. The largest absolute Gasteiger partial charge is 0.363 e. The van der Waals surface area contributed by atoms with E-state index >= 15 is 0 Å². The number of nitrogens with one attached hydrogen (secondary N) is 1. The number of anilines is 1. The summed E-state index contributed by atoms with van der Waals surface area (Å²) < 4.78 is 31.3. The summed E-state index contributed by atoms with van der Waals surface area (Å²) in [5.74, 6) is 5.46. The van der Waals surface area contributed by atoms with Gasteiger partial charge in [-0.05, 0) is 12.1 Å². The second kappa shape index (κ2) is 5.56. The van der Waals surface area contributed by atoms with E-state index in [1.54, 1.807) is 18.2 Å². The Morgan fingerprint density at radius 2 is 2.11 bits per heavy atom. The molecule has 0 saturated heterocycles. The van der Waals surface area contributed by atoms with Crippen molar-refractivity contribution in [2.45, 2.75) is 4.90 Å². The summed E-state index contributed by atoms with van der Waals surface area (Å²) in [4.78, 5) is 0.0685.